The minimum absolute atomic E-state index is 0.0751. The van der Waals surface area contributed by atoms with Crippen LogP contribution in [0.4, 0.5) is 0 Å². The van der Waals surface area contributed by atoms with E-state index < -0.39 is 0 Å². The maximum atomic E-state index is 10.9. The summed E-state index contributed by atoms with van der Waals surface area (Å²) in [6, 6.07) is 1.84. The summed E-state index contributed by atoms with van der Waals surface area (Å²) in [6.45, 7) is 4.74. The zero-order valence-corrected chi connectivity index (χ0v) is 8.90. The standard InChI is InChI=1S/C9H15N3OS/c1-2-6-14-7-5-11-8-9(13)12-4-3-10/h2,11H,1,4-8H2,(H,12,13). The van der Waals surface area contributed by atoms with E-state index in [-0.39, 0.29) is 19.0 Å². The number of amides is 1. The van der Waals surface area contributed by atoms with Crippen LogP contribution < -0.4 is 10.6 Å². The molecule has 0 aliphatic carbocycles. The maximum absolute atomic E-state index is 10.9. The number of hydrogen-bond donors (Lipinski definition) is 2. The number of rotatable bonds is 8. The minimum Gasteiger partial charge on any atom is -0.342 e. The Morgan fingerprint density at radius 1 is 1.64 bits per heavy atom. The molecule has 1 amide bonds. The predicted molar refractivity (Wildman–Crippen MR) is 59.0 cm³/mol. The quantitative estimate of drug-likeness (QED) is 0.342. The first-order valence-electron chi connectivity index (χ1n) is 4.34. The lowest BCUT2D eigenvalue weighted by atomic mass is 10.5. The largest absolute Gasteiger partial charge is 0.342 e. The number of thioether (sulfide) groups is 1. The van der Waals surface area contributed by atoms with Gasteiger partial charge in [0.2, 0.25) is 5.91 Å². The number of nitrogens with zero attached hydrogens (tertiary/aromatic N) is 1. The summed E-state index contributed by atoms with van der Waals surface area (Å²) in [5, 5.41) is 13.6. The lowest BCUT2D eigenvalue weighted by Crippen LogP contribution is -2.34. The van der Waals surface area contributed by atoms with Gasteiger partial charge in [-0.15, -0.1) is 6.58 Å². The summed E-state index contributed by atoms with van der Waals surface area (Å²) in [4.78, 5) is 10.9. The molecule has 0 fully saturated rings. The Labute approximate surface area is 88.7 Å². The van der Waals surface area contributed by atoms with E-state index in [0.717, 1.165) is 18.1 Å². The molecular formula is C9H15N3OS. The summed E-state index contributed by atoms with van der Waals surface area (Å²) in [5.74, 6) is 1.75. The molecule has 0 radical (unpaired) electrons. The number of nitrogens with one attached hydrogen (secondary N) is 2. The average Bonchev–Trinajstić information content (AvgIpc) is 2.20. The van der Waals surface area contributed by atoms with Gasteiger partial charge in [-0.1, -0.05) is 6.08 Å². The molecule has 0 aliphatic rings. The van der Waals surface area contributed by atoms with E-state index in [1.807, 2.05) is 12.1 Å². The molecule has 0 aromatic rings. The van der Waals surface area contributed by atoms with Crippen molar-refractivity contribution in [1.29, 1.82) is 5.26 Å². The molecule has 0 saturated heterocycles. The third-order valence-electron chi connectivity index (χ3n) is 1.31. The molecule has 14 heavy (non-hydrogen) atoms. The zero-order chi connectivity index (χ0) is 10.6. The van der Waals surface area contributed by atoms with Crippen molar-refractivity contribution in [3.05, 3.63) is 12.7 Å². The normalized spacial score (nSPS) is 9.07. The molecule has 0 atom stereocenters. The van der Waals surface area contributed by atoms with Crippen LogP contribution in [0.5, 0.6) is 0 Å². The third kappa shape index (κ3) is 9.10. The summed E-state index contributed by atoms with van der Waals surface area (Å²) < 4.78 is 0. The van der Waals surface area contributed by atoms with E-state index in [2.05, 4.69) is 17.2 Å². The summed E-state index contributed by atoms with van der Waals surface area (Å²) in [6.07, 6.45) is 1.85. The topological polar surface area (TPSA) is 64.9 Å². The molecule has 4 nitrogen and oxygen atoms in total. The van der Waals surface area contributed by atoms with Gasteiger partial charge in [-0.05, 0) is 0 Å². The Morgan fingerprint density at radius 2 is 2.43 bits per heavy atom. The Hall–Kier alpha value is -0.990. The molecule has 0 heterocycles. The van der Waals surface area contributed by atoms with Crippen LogP contribution in [0.15, 0.2) is 12.7 Å². The van der Waals surface area contributed by atoms with Gasteiger partial charge in [0.15, 0.2) is 0 Å². The van der Waals surface area contributed by atoms with Gasteiger partial charge in [-0.25, -0.2) is 0 Å². The van der Waals surface area contributed by atoms with E-state index in [0.29, 0.717) is 0 Å². The van der Waals surface area contributed by atoms with E-state index >= 15 is 0 Å². The summed E-state index contributed by atoms with van der Waals surface area (Å²) in [5.41, 5.74) is 0. The van der Waals surface area contributed by atoms with E-state index in [4.69, 9.17) is 5.26 Å². The minimum atomic E-state index is -0.139. The third-order valence-corrected chi connectivity index (χ3v) is 2.27. The van der Waals surface area contributed by atoms with Gasteiger partial charge in [-0.2, -0.15) is 17.0 Å². The molecule has 2 N–H and O–H groups in total. The molecule has 0 rings (SSSR count). The fourth-order valence-corrected chi connectivity index (χ4v) is 1.34. The zero-order valence-electron chi connectivity index (χ0n) is 8.08. The van der Waals surface area contributed by atoms with Crippen molar-refractivity contribution < 1.29 is 4.79 Å². The average molecular weight is 213 g/mol. The Balaban J connectivity index is 3.15. The summed E-state index contributed by atoms with van der Waals surface area (Å²) in [7, 11) is 0. The van der Waals surface area contributed by atoms with Crippen molar-refractivity contribution in [3.63, 3.8) is 0 Å². The van der Waals surface area contributed by atoms with Crippen LogP contribution in [0, 0.1) is 11.3 Å². The molecule has 0 bridgehead atoms. The first-order chi connectivity index (χ1) is 6.81. The molecule has 0 saturated carbocycles. The van der Waals surface area contributed by atoms with Crippen molar-refractivity contribution in [2.45, 2.75) is 0 Å². The molecule has 0 unspecified atom stereocenters. The van der Waals surface area contributed by atoms with Crippen LogP contribution >= 0.6 is 11.8 Å². The van der Waals surface area contributed by atoms with Gasteiger partial charge in [0.1, 0.15) is 6.54 Å². The molecule has 5 heteroatoms. The molecule has 78 valence electrons. The fraction of sp³-hybridized carbons (Fsp3) is 0.556. The monoisotopic (exact) mass is 213 g/mol. The van der Waals surface area contributed by atoms with Crippen molar-refractivity contribution in [2.24, 2.45) is 0 Å². The SMILES string of the molecule is C=CCSCCNCC(=O)NCC#N. The van der Waals surface area contributed by atoms with Crippen LogP contribution in [-0.2, 0) is 4.79 Å². The molecule has 0 aliphatic heterocycles. The Bertz CT molecular complexity index is 213. The molecule has 0 aromatic carbocycles. The van der Waals surface area contributed by atoms with Gasteiger partial charge < -0.3 is 10.6 Å². The Kier molecular flexibility index (Phi) is 9.38. The molecule has 0 aromatic heterocycles. The van der Waals surface area contributed by atoms with E-state index in [1.165, 1.54) is 0 Å². The number of hydrogen-bond acceptors (Lipinski definition) is 4. The lowest BCUT2D eigenvalue weighted by molar-refractivity contribution is -0.119. The van der Waals surface area contributed by atoms with Crippen LogP contribution in [0.2, 0.25) is 0 Å². The second-order valence-corrected chi connectivity index (χ2v) is 3.63. The van der Waals surface area contributed by atoms with E-state index in [1.54, 1.807) is 11.8 Å². The number of carbonyl (C=O) groups excluding carboxylic acids is 1. The van der Waals surface area contributed by atoms with Gasteiger partial charge in [0.05, 0.1) is 12.6 Å². The highest BCUT2D eigenvalue weighted by Gasteiger charge is 1.97. The smallest absolute Gasteiger partial charge is 0.234 e. The lowest BCUT2D eigenvalue weighted by Gasteiger charge is -2.03. The highest BCUT2D eigenvalue weighted by molar-refractivity contribution is 7.99. The van der Waals surface area contributed by atoms with Gasteiger partial charge in [-0.3, -0.25) is 4.79 Å². The highest BCUT2D eigenvalue weighted by Crippen LogP contribution is 1.96. The first-order valence-corrected chi connectivity index (χ1v) is 5.49. The second kappa shape index (κ2) is 10.1. The molecular weight excluding hydrogens is 198 g/mol. The number of carbonyl (C=O) groups is 1. The molecule has 0 spiro atoms. The van der Waals surface area contributed by atoms with Crippen molar-refractivity contribution in [3.8, 4) is 6.07 Å². The van der Waals surface area contributed by atoms with Crippen LogP contribution in [0.3, 0.4) is 0 Å². The van der Waals surface area contributed by atoms with E-state index in [9.17, 15) is 4.79 Å². The maximum Gasteiger partial charge on any atom is 0.234 e. The fourth-order valence-electron chi connectivity index (χ4n) is 0.714. The van der Waals surface area contributed by atoms with Crippen LogP contribution in [0.25, 0.3) is 0 Å². The number of nitriles is 1. The second-order valence-electron chi connectivity index (χ2n) is 2.48. The van der Waals surface area contributed by atoms with Gasteiger partial charge in [0, 0.05) is 18.1 Å². The van der Waals surface area contributed by atoms with Crippen molar-refractivity contribution >= 4 is 17.7 Å². The Morgan fingerprint density at radius 3 is 3.07 bits per heavy atom. The van der Waals surface area contributed by atoms with Gasteiger partial charge in [0.25, 0.3) is 0 Å². The van der Waals surface area contributed by atoms with Gasteiger partial charge >= 0.3 is 0 Å². The van der Waals surface area contributed by atoms with Crippen LogP contribution in [-0.4, -0.2) is 37.0 Å². The first kappa shape index (κ1) is 13.0. The van der Waals surface area contributed by atoms with Crippen LogP contribution in [0.1, 0.15) is 0 Å². The van der Waals surface area contributed by atoms with Crippen molar-refractivity contribution in [1.82, 2.24) is 10.6 Å². The predicted octanol–water partition coefficient (Wildman–Crippen LogP) is 0.135. The highest BCUT2D eigenvalue weighted by atomic mass is 32.2. The van der Waals surface area contributed by atoms with Crippen molar-refractivity contribution in [2.75, 3.05) is 31.1 Å². The summed E-state index contributed by atoms with van der Waals surface area (Å²) >= 11 is 1.76.